The average Bonchev–Trinajstić information content (AvgIpc) is 3.49. The summed E-state index contributed by atoms with van der Waals surface area (Å²) in [4.78, 5) is 20.6. The Hall–Kier alpha value is -3.58. The Morgan fingerprint density at radius 2 is 2.08 bits per heavy atom. The van der Waals surface area contributed by atoms with E-state index in [1.165, 1.54) is 12.3 Å². The number of hydrogen-bond donors (Lipinski definition) is 3. The molecule has 3 N–H and O–H groups in total. The molecular weight excluding hydrogens is 512 g/mol. The Balaban J connectivity index is 1.44. The fourth-order valence-electron chi connectivity index (χ4n) is 4.19. The van der Waals surface area contributed by atoms with E-state index in [0.717, 1.165) is 11.3 Å². The minimum Gasteiger partial charge on any atom is -0.378 e. The number of pyridine rings is 1. The van der Waals surface area contributed by atoms with Crippen molar-refractivity contribution >= 4 is 33.0 Å². The maximum absolute atomic E-state index is 14.4. The summed E-state index contributed by atoms with van der Waals surface area (Å²) in [5, 5.41) is 13.0. The monoisotopic (exact) mass is 534 g/mol. The number of amides is 1. The van der Waals surface area contributed by atoms with Crippen molar-refractivity contribution in [3.05, 3.63) is 59.7 Å². The highest BCUT2D eigenvalue weighted by molar-refractivity contribution is 7.23. The van der Waals surface area contributed by atoms with Gasteiger partial charge in [-0.05, 0) is 42.1 Å². The second-order valence-corrected chi connectivity index (χ2v) is 9.57. The van der Waals surface area contributed by atoms with Gasteiger partial charge in [-0.25, -0.2) is 4.39 Å². The Morgan fingerprint density at radius 1 is 1.22 bits per heavy atom. The summed E-state index contributed by atoms with van der Waals surface area (Å²) in [6.45, 7) is 0.735. The van der Waals surface area contributed by atoms with Crippen LogP contribution in [-0.2, 0) is 13.0 Å². The standard InChI is InChI=1S/C24H22F4N6O2S/c25-15-11-29-9-7-16(15)32-17-6-3-4-13-14(10-24(26,27)28)21(37-20(13)17)22-33-19(36-34-22)12-31-23(35)18-5-1-2-8-30-18/h1-6,8,15-16,29,32H,7,9-12H2,(H,31,35)/t15-,16+/m0/s1. The molecule has 2 atom stereocenters. The predicted molar refractivity (Wildman–Crippen MR) is 130 cm³/mol. The molecule has 1 aliphatic rings. The minimum atomic E-state index is -4.48. The van der Waals surface area contributed by atoms with Crippen molar-refractivity contribution in [3.63, 3.8) is 0 Å². The Kier molecular flexibility index (Phi) is 7.07. The molecule has 194 valence electrons. The van der Waals surface area contributed by atoms with Crippen LogP contribution in [0.25, 0.3) is 20.8 Å². The number of benzene rings is 1. The molecule has 4 aromatic rings. The number of alkyl halides is 4. The maximum Gasteiger partial charge on any atom is 0.393 e. The third-order valence-electron chi connectivity index (χ3n) is 5.91. The van der Waals surface area contributed by atoms with E-state index in [2.05, 4.69) is 31.1 Å². The number of nitrogens with one attached hydrogen (secondary N) is 3. The highest BCUT2D eigenvalue weighted by Gasteiger charge is 2.33. The van der Waals surface area contributed by atoms with Crippen molar-refractivity contribution in [1.29, 1.82) is 0 Å². The number of hydrogen-bond acceptors (Lipinski definition) is 8. The van der Waals surface area contributed by atoms with Crippen LogP contribution in [0.4, 0.5) is 23.2 Å². The van der Waals surface area contributed by atoms with Crippen LogP contribution in [0.2, 0.25) is 0 Å². The first kappa shape index (κ1) is 25.1. The van der Waals surface area contributed by atoms with Crippen LogP contribution >= 0.6 is 11.3 Å². The zero-order valence-corrected chi connectivity index (χ0v) is 20.1. The van der Waals surface area contributed by atoms with E-state index >= 15 is 0 Å². The Labute approximate surface area is 212 Å². The number of halogens is 4. The molecule has 0 bridgehead atoms. The molecule has 0 saturated carbocycles. The summed E-state index contributed by atoms with van der Waals surface area (Å²) in [6.07, 6.45) is -4.77. The van der Waals surface area contributed by atoms with Gasteiger partial charge in [0.25, 0.3) is 5.91 Å². The van der Waals surface area contributed by atoms with Crippen LogP contribution in [0, 0.1) is 0 Å². The average molecular weight is 535 g/mol. The van der Waals surface area contributed by atoms with Gasteiger partial charge in [0.2, 0.25) is 11.7 Å². The van der Waals surface area contributed by atoms with Gasteiger partial charge in [0.1, 0.15) is 11.9 Å². The largest absolute Gasteiger partial charge is 0.393 e. The fraction of sp³-hybridized carbons (Fsp3) is 0.333. The van der Waals surface area contributed by atoms with Crippen LogP contribution < -0.4 is 16.0 Å². The number of carbonyl (C=O) groups excluding carboxylic acids is 1. The summed E-state index contributed by atoms with van der Waals surface area (Å²) in [6, 6.07) is 9.39. The van der Waals surface area contributed by atoms with Gasteiger partial charge in [-0.3, -0.25) is 9.78 Å². The van der Waals surface area contributed by atoms with Crippen molar-refractivity contribution in [2.45, 2.75) is 37.8 Å². The van der Waals surface area contributed by atoms with Crippen molar-refractivity contribution in [2.75, 3.05) is 18.4 Å². The summed E-state index contributed by atoms with van der Waals surface area (Å²) in [7, 11) is 0. The van der Waals surface area contributed by atoms with Crippen molar-refractivity contribution in [2.24, 2.45) is 0 Å². The number of fused-ring (bicyclic) bond motifs is 1. The molecule has 4 heterocycles. The number of anilines is 1. The number of thiophene rings is 1. The van der Waals surface area contributed by atoms with Crippen LogP contribution in [0.5, 0.6) is 0 Å². The van der Waals surface area contributed by atoms with Gasteiger partial charge in [-0.15, -0.1) is 11.3 Å². The summed E-state index contributed by atoms with van der Waals surface area (Å²) < 4.78 is 60.8. The highest BCUT2D eigenvalue weighted by Crippen LogP contribution is 2.43. The van der Waals surface area contributed by atoms with Crippen LogP contribution in [0.1, 0.15) is 28.4 Å². The second-order valence-electron chi connectivity index (χ2n) is 8.55. The smallest absolute Gasteiger partial charge is 0.378 e. The quantitative estimate of drug-likeness (QED) is 0.300. The fourth-order valence-corrected chi connectivity index (χ4v) is 5.41. The molecule has 37 heavy (non-hydrogen) atoms. The lowest BCUT2D eigenvalue weighted by atomic mass is 10.0. The molecule has 5 rings (SSSR count). The summed E-state index contributed by atoms with van der Waals surface area (Å²) in [5.41, 5.74) is 0.768. The molecule has 0 spiro atoms. The van der Waals surface area contributed by atoms with Gasteiger partial charge in [0, 0.05) is 12.7 Å². The zero-order chi connectivity index (χ0) is 26.0. The molecule has 1 saturated heterocycles. The van der Waals surface area contributed by atoms with E-state index in [1.54, 1.807) is 30.3 Å². The Bertz CT molecular complexity index is 1390. The first-order chi connectivity index (χ1) is 17.8. The van der Waals surface area contributed by atoms with E-state index in [1.807, 2.05) is 0 Å². The molecule has 1 amide bonds. The third kappa shape index (κ3) is 5.72. The molecule has 1 aliphatic heterocycles. The summed E-state index contributed by atoms with van der Waals surface area (Å²) in [5.74, 6) is -0.443. The van der Waals surface area contributed by atoms with E-state index in [0.29, 0.717) is 28.7 Å². The third-order valence-corrected chi connectivity index (χ3v) is 7.19. The van der Waals surface area contributed by atoms with E-state index in [-0.39, 0.29) is 40.9 Å². The van der Waals surface area contributed by atoms with Crippen molar-refractivity contribution < 1.29 is 26.9 Å². The molecule has 0 aliphatic carbocycles. The number of aromatic nitrogens is 3. The normalized spacial score (nSPS) is 18.2. The SMILES string of the molecule is O=C(NCc1nc(-c2sc3c(N[C@@H]4CCNC[C@@H]4F)cccc3c2CC(F)(F)F)no1)c1ccccn1. The number of piperidine rings is 1. The van der Waals surface area contributed by atoms with Gasteiger partial charge in [-0.2, -0.15) is 18.2 Å². The number of nitrogens with zero attached hydrogens (tertiary/aromatic N) is 3. The Morgan fingerprint density at radius 3 is 2.84 bits per heavy atom. The van der Waals surface area contributed by atoms with Gasteiger partial charge in [0.05, 0.1) is 34.3 Å². The van der Waals surface area contributed by atoms with E-state index in [4.69, 9.17) is 4.52 Å². The molecule has 3 aromatic heterocycles. The van der Waals surface area contributed by atoms with Crippen molar-refractivity contribution in [1.82, 2.24) is 25.8 Å². The van der Waals surface area contributed by atoms with Gasteiger partial charge in [-0.1, -0.05) is 23.4 Å². The second kappa shape index (κ2) is 10.4. The van der Waals surface area contributed by atoms with Gasteiger partial charge >= 0.3 is 6.18 Å². The van der Waals surface area contributed by atoms with Gasteiger partial charge < -0.3 is 20.5 Å². The van der Waals surface area contributed by atoms with Gasteiger partial charge in [0.15, 0.2) is 0 Å². The van der Waals surface area contributed by atoms with E-state index in [9.17, 15) is 22.4 Å². The highest BCUT2D eigenvalue weighted by atomic mass is 32.1. The lowest BCUT2D eigenvalue weighted by molar-refractivity contribution is -0.126. The molecule has 13 heteroatoms. The summed E-state index contributed by atoms with van der Waals surface area (Å²) >= 11 is 1.09. The topological polar surface area (TPSA) is 105 Å². The molecular formula is C24H22F4N6O2S. The minimum absolute atomic E-state index is 0.0151. The molecule has 1 fully saturated rings. The van der Waals surface area contributed by atoms with E-state index < -0.39 is 30.7 Å². The van der Waals surface area contributed by atoms with Crippen molar-refractivity contribution in [3.8, 4) is 10.7 Å². The molecule has 0 radical (unpaired) electrons. The lowest BCUT2D eigenvalue weighted by Crippen LogP contribution is -2.45. The van der Waals surface area contributed by atoms with Crippen LogP contribution in [0.3, 0.4) is 0 Å². The maximum atomic E-state index is 14.4. The number of rotatable bonds is 7. The molecule has 8 nitrogen and oxygen atoms in total. The molecule has 1 aromatic carbocycles. The molecule has 0 unspecified atom stereocenters. The first-order valence-corrected chi connectivity index (χ1v) is 12.3. The lowest BCUT2D eigenvalue weighted by Gasteiger charge is -2.28. The van der Waals surface area contributed by atoms with Crippen LogP contribution in [0.15, 0.2) is 47.1 Å². The zero-order valence-electron chi connectivity index (χ0n) is 19.3. The number of carbonyl (C=O) groups is 1. The first-order valence-electron chi connectivity index (χ1n) is 11.5. The van der Waals surface area contributed by atoms with Crippen LogP contribution in [-0.4, -0.2) is 52.5 Å². The predicted octanol–water partition coefficient (Wildman–Crippen LogP) is 4.49.